The summed E-state index contributed by atoms with van der Waals surface area (Å²) < 4.78 is 0. The Morgan fingerprint density at radius 3 is 2.48 bits per heavy atom. The zero-order valence-corrected chi connectivity index (χ0v) is 11.8. The number of nitrogens with one attached hydrogen (secondary N) is 1. The van der Waals surface area contributed by atoms with Crippen LogP contribution in [0.2, 0.25) is 0 Å². The van der Waals surface area contributed by atoms with Crippen molar-refractivity contribution in [1.82, 2.24) is 10.4 Å². The van der Waals surface area contributed by atoms with Crippen molar-refractivity contribution in [1.29, 1.82) is 0 Å². The van der Waals surface area contributed by atoms with Crippen LogP contribution >= 0.6 is 0 Å². The van der Waals surface area contributed by atoms with E-state index in [1.807, 2.05) is 30.3 Å². The first-order valence-electron chi connectivity index (χ1n) is 7.15. The van der Waals surface area contributed by atoms with Crippen molar-refractivity contribution < 1.29 is 19.5 Å². The average Bonchev–Trinajstić information content (AvgIpc) is 2.52. The molecule has 0 spiro atoms. The Balaban J connectivity index is 1.85. The third-order valence-corrected chi connectivity index (χ3v) is 3.48. The van der Waals surface area contributed by atoms with E-state index in [4.69, 9.17) is 4.84 Å². The third kappa shape index (κ3) is 4.75. The van der Waals surface area contributed by atoms with Crippen molar-refractivity contribution in [3.8, 4) is 0 Å². The van der Waals surface area contributed by atoms with Crippen molar-refractivity contribution in [3.05, 3.63) is 35.9 Å². The van der Waals surface area contributed by atoms with Crippen LogP contribution in [-0.4, -0.2) is 41.2 Å². The summed E-state index contributed by atoms with van der Waals surface area (Å²) in [7, 11) is 0. The minimum atomic E-state index is -1.05. The first-order chi connectivity index (χ1) is 10.2. The molecule has 1 heterocycles. The van der Waals surface area contributed by atoms with E-state index in [-0.39, 0.29) is 6.42 Å². The highest BCUT2D eigenvalue weighted by Gasteiger charge is 2.23. The maximum atomic E-state index is 11.8. The van der Waals surface area contributed by atoms with E-state index in [0.717, 1.165) is 24.8 Å². The van der Waals surface area contributed by atoms with Crippen molar-refractivity contribution >= 4 is 12.1 Å². The molecule has 0 aromatic heterocycles. The number of carbonyl (C=O) groups excluding carboxylic acids is 1. The molecule has 0 unspecified atom stereocenters. The Morgan fingerprint density at radius 1 is 1.19 bits per heavy atom. The highest BCUT2D eigenvalue weighted by molar-refractivity contribution is 5.74. The van der Waals surface area contributed by atoms with Crippen molar-refractivity contribution in [2.75, 3.05) is 13.1 Å². The lowest BCUT2D eigenvalue weighted by Gasteiger charge is -2.26. The van der Waals surface area contributed by atoms with Crippen LogP contribution < -0.4 is 5.48 Å². The number of carbonyl (C=O) groups is 2. The zero-order chi connectivity index (χ0) is 15.1. The second kappa shape index (κ2) is 7.64. The molecule has 1 aliphatic rings. The monoisotopic (exact) mass is 292 g/mol. The Kier molecular flexibility index (Phi) is 5.57. The molecule has 0 aliphatic carbocycles. The molecule has 0 saturated carbocycles. The SMILES string of the molecule is O=C(O)[C@H](Cc1ccccc1)NOC(=O)N1CCCCC1. The van der Waals surface area contributed by atoms with Gasteiger partial charge in [-0.25, -0.2) is 4.79 Å². The first-order valence-corrected chi connectivity index (χ1v) is 7.15. The van der Waals surface area contributed by atoms with Crippen LogP contribution in [-0.2, 0) is 16.1 Å². The molecular formula is C15H20N2O4. The van der Waals surface area contributed by atoms with E-state index >= 15 is 0 Å². The number of carboxylic acids is 1. The summed E-state index contributed by atoms with van der Waals surface area (Å²) in [6.45, 7) is 1.33. The fourth-order valence-electron chi connectivity index (χ4n) is 2.29. The molecule has 1 aromatic rings. The summed E-state index contributed by atoms with van der Waals surface area (Å²) >= 11 is 0. The van der Waals surface area contributed by atoms with Crippen molar-refractivity contribution in [3.63, 3.8) is 0 Å². The van der Waals surface area contributed by atoms with Gasteiger partial charge < -0.3 is 14.8 Å². The van der Waals surface area contributed by atoms with E-state index in [0.29, 0.717) is 13.1 Å². The molecule has 6 heteroatoms. The normalized spacial score (nSPS) is 16.3. The highest BCUT2D eigenvalue weighted by atomic mass is 16.7. The molecule has 2 N–H and O–H groups in total. The number of hydrogen-bond acceptors (Lipinski definition) is 4. The van der Waals surface area contributed by atoms with Crippen LogP contribution in [0.5, 0.6) is 0 Å². The number of nitrogens with zero attached hydrogens (tertiary/aromatic N) is 1. The first kappa shape index (κ1) is 15.3. The summed E-state index contributed by atoms with van der Waals surface area (Å²) in [6, 6.07) is 8.26. The van der Waals surface area contributed by atoms with Gasteiger partial charge in [0.15, 0.2) is 0 Å². The summed E-state index contributed by atoms with van der Waals surface area (Å²) in [5.74, 6) is -1.05. The molecule has 1 aliphatic heterocycles. The van der Waals surface area contributed by atoms with E-state index in [1.165, 1.54) is 0 Å². The van der Waals surface area contributed by atoms with E-state index < -0.39 is 18.1 Å². The smallest absolute Gasteiger partial charge is 0.428 e. The molecule has 21 heavy (non-hydrogen) atoms. The van der Waals surface area contributed by atoms with Gasteiger partial charge in [0.05, 0.1) is 0 Å². The number of hydroxylamine groups is 1. The number of benzene rings is 1. The van der Waals surface area contributed by atoms with Gasteiger partial charge in [-0.2, -0.15) is 0 Å². The van der Waals surface area contributed by atoms with Crippen LogP contribution in [0, 0.1) is 0 Å². The number of aliphatic carboxylic acids is 1. The zero-order valence-electron chi connectivity index (χ0n) is 11.8. The predicted molar refractivity (Wildman–Crippen MR) is 76.6 cm³/mol. The second-order valence-electron chi connectivity index (χ2n) is 5.11. The molecule has 0 bridgehead atoms. The molecule has 1 saturated heterocycles. The Labute approximate surface area is 123 Å². The topological polar surface area (TPSA) is 78.9 Å². The molecule has 0 radical (unpaired) electrons. The summed E-state index contributed by atoms with van der Waals surface area (Å²) in [5, 5.41) is 9.19. The predicted octanol–water partition coefficient (Wildman–Crippen LogP) is 1.81. The number of carboxylic acid groups (broad SMARTS) is 1. The van der Waals surface area contributed by atoms with Gasteiger partial charge in [-0.3, -0.25) is 4.79 Å². The largest absolute Gasteiger partial charge is 0.480 e. The molecule has 6 nitrogen and oxygen atoms in total. The molecule has 2 rings (SSSR count). The van der Waals surface area contributed by atoms with Gasteiger partial charge in [0, 0.05) is 19.5 Å². The average molecular weight is 292 g/mol. The van der Waals surface area contributed by atoms with Crippen LogP contribution in [0.25, 0.3) is 0 Å². The Morgan fingerprint density at radius 2 is 1.86 bits per heavy atom. The van der Waals surface area contributed by atoms with E-state index in [1.54, 1.807) is 4.90 Å². The molecule has 114 valence electrons. The lowest BCUT2D eigenvalue weighted by molar-refractivity contribution is -0.142. The minimum Gasteiger partial charge on any atom is -0.480 e. The van der Waals surface area contributed by atoms with Gasteiger partial charge in [0.2, 0.25) is 0 Å². The van der Waals surface area contributed by atoms with Crippen molar-refractivity contribution in [2.45, 2.75) is 31.7 Å². The van der Waals surface area contributed by atoms with Gasteiger partial charge in [-0.15, -0.1) is 5.48 Å². The Bertz CT molecular complexity index is 472. The lowest BCUT2D eigenvalue weighted by atomic mass is 10.1. The van der Waals surface area contributed by atoms with Crippen molar-refractivity contribution in [2.24, 2.45) is 0 Å². The van der Waals surface area contributed by atoms with Crippen LogP contribution in [0.3, 0.4) is 0 Å². The van der Waals surface area contributed by atoms with Gasteiger partial charge in [0.1, 0.15) is 6.04 Å². The standard InChI is InChI=1S/C15H20N2O4/c18-14(19)13(11-12-7-3-1-4-8-12)16-21-15(20)17-9-5-2-6-10-17/h1,3-4,7-8,13,16H,2,5-6,9-11H2,(H,18,19)/t13-/m0/s1. The number of rotatable bonds is 5. The van der Waals surface area contributed by atoms with E-state index in [9.17, 15) is 14.7 Å². The quantitative estimate of drug-likeness (QED) is 0.809. The third-order valence-electron chi connectivity index (χ3n) is 3.48. The molecule has 1 aromatic carbocycles. The highest BCUT2D eigenvalue weighted by Crippen LogP contribution is 2.10. The number of hydrogen-bond donors (Lipinski definition) is 2. The fourth-order valence-corrected chi connectivity index (χ4v) is 2.29. The lowest BCUT2D eigenvalue weighted by Crippen LogP contribution is -2.44. The van der Waals surface area contributed by atoms with Gasteiger partial charge in [-0.05, 0) is 24.8 Å². The fraction of sp³-hybridized carbons (Fsp3) is 0.467. The molecule has 1 amide bonds. The summed E-state index contributed by atoms with van der Waals surface area (Å²) in [6.07, 6.45) is 2.78. The maximum Gasteiger partial charge on any atom is 0.428 e. The van der Waals surface area contributed by atoms with Crippen LogP contribution in [0.15, 0.2) is 30.3 Å². The second-order valence-corrected chi connectivity index (χ2v) is 5.11. The minimum absolute atomic E-state index is 0.253. The molecule has 1 fully saturated rings. The molecule has 1 atom stereocenters. The van der Waals surface area contributed by atoms with Gasteiger partial charge in [0.25, 0.3) is 0 Å². The summed E-state index contributed by atoms with van der Waals surface area (Å²) in [5.41, 5.74) is 3.24. The summed E-state index contributed by atoms with van der Waals surface area (Å²) in [4.78, 5) is 29.6. The van der Waals surface area contributed by atoms with Gasteiger partial charge in [-0.1, -0.05) is 30.3 Å². The number of likely N-dealkylation sites (tertiary alicyclic amines) is 1. The van der Waals surface area contributed by atoms with Crippen LogP contribution in [0.4, 0.5) is 4.79 Å². The van der Waals surface area contributed by atoms with Crippen LogP contribution in [0.1, 0.15) is 24.8 Å². The maximum absolute atomic E-state index is 11.8. The number of piperidine rings is 1. The molecular weight excluding hydrogens is 272 g/mol. The Hall–Kier alpha value is -2.08. The van der Waals surface area contributed by atoms with Gasteiger partial charge >= 0.3 is 12.1 Å². The number of amides is 1. The van der Waals surface area contributed by atoms with E-state index in [2.05, 4.69) is 5.48 Å².